The maximum Gasteiger partial charge on any atom is 0.335 e. The largest absolute Gasteiger partial charge is 0.478 e. The fraction of sp³-hybridized carbons (Fsp3) is 0.182. The lowest BCUT2D eigenvalue weighted by atomic mass is 9.99. The van der Waals surface area contributed by atoms with Gasteiger partial charge < -0.3 is 14.7 Å². The molecule has 3 aromatic rings. The predicted molar refractivity (Wildman–Crippen MR) is 103 cm³/mol. The van der Waals surface area contributed by atoms with E-state index in [9.17, 15) is 14.7 Å². The molecule has 1 aliphatic heterocycles. The molecule has 1 aliphatic rings. The van der Waals surface area contributed by atoms with Gasteiger partial charge in [-0.25, -0.2) is 4.79 Å². The van der Waals surface area contributed by atoms with E-state index in [4.69, 9.17) is 4.74 Å². The van der Waals surface area contributed by atoms with Gasteiger partial charge in [-0.1, -0.05) is 42.5 Å². The Labute approximate surface area is 156 Å². The van der Waals surface area contributed by atoms with Crippen LogP contribution in [0.25, 0.3) is 10.8 Å². The third-order valence-electron chi connectivity index (χ3n) is 4.83. The number of hydrogen-bond donors (Lipinski definition) is 1. The van der Waals surface area contributed by atoms with Gasteiger partial charge in [0, 0.05) is 0 Å². The quantitative estimate of drug-likeness (QED) is 0.758. The summed E-state index contributed by atoms with van der Waals surface area (Å²) in [6.07, 6.45) is 0. The summed E-state index contributed by atoms with van der Waals surface area (Å²) in [5.41, 5.74) is 0.563. The number of carboxylic acids is 1. The Morgan fingerprint density at radius 3 is 2.59 bits per heavy atom. The van der Waals surface area contributed by atoms with Crippen LogP contribution in [0.5, 0.6) is 5.75 Å². The maximum atomic E-state index is 13.1. The lowest BCUT2D eigenvalue weighted by Gasteiger charge is -2.39. The molecule has 0 bridgehead atoms. The van der Waals surface area contributed by atoms with E-state index in [2.05, 4.69) is 0 Å². The van der Waals surface area contributed by atoms with E-state index in [-0.39, 0.29) is 11.5 Å². The Balaban J connectivity index is 1.84. The summed E-state index contributed by atoms with van der Waals surface area (Å²) < 4.78 is 5.84. The van der Waals surface area contributed by atoms with Crippen LogP contribution in [0.2, 0.25) is 0 Å². The third kappa shape index (κ3) is 2.91. The summed E-state index contributed by atoms with van der Waals surface area (Å²) >= 11 is 0. The Kier molecular flexibility index (Phi) is 3.88. The normalized spacial score (nSPS) is 15.3. The first-order valence-electron chi connectivity index (χ1n) is 8.72. The van der Waals surface area contributed by atoms with E-state index in [1.165, 1.54) is 12.1 Å². The zero-order valence-corrected chi connectivity index (χ0v) is 15.1. The summed E-state index contributed by atoms with van der Waals surface area (Å²) in [6.45, 7) is 3.78. The second-order valence-electron chi connectivity index (χ2n) is 7.13. The average Bonchev–Trinajstić information content (AvgIpc) is 2.65. The molecular formula is C22H19NO4. The molecule has 27 heavy (non-hydrogen) atoms. The Morgan fingerprint density at radius 2 is 1.81 bits per heavy atom. The highest BCUT2D eigenvalue weighted by Crippen LogP contribution is 2.39. The number of rotatable bonds is 3. The van der Waals surface area contributed by atoms with Crippen molar-refractivity contribution in [3.05, 3.63) is 71.8 Å². The standard InChI is InChI=1S/C22H19NO4/c1-22(2)21(26)23(18-12-15(20(24)25)10-11-19(18)27-22)13-16-8-5-7-14-6-3-4-9-17(14)16/h3-12H,13H2,1-2H3,(H,24,25). The lowest BCUT2D eigenvalue weighted by molar-refractivity contribution is -0.132. The van der Waals surface area contributed by atoms with Crippen molar-refractivity contribution < 1.29 is 19.4 Å². The molecule has 0 fully saturated rings. The Bertz CT molecular complexity index is 1070. The first-order valence-corrected chi connectivity index (χ1v) is 8.72. The summed E-state index contributed by atoms with van der Waals surface area (Å²) in [5.74, 6) is -0.740. The molecule has 0 radical (unpaired) electrons. The van der Waals surface area contributed by atoms with Crippen LogP contribution < -0.4 is 9.64 Å². The first-order chi connectivity index (χ1) is 12.9. The van der Waals surface area contributed by atoms with E-state index in [0.717, 1.165) is 16.3 Å². The zero-order valence-electron chi connectivity index (χ0n) is 15.1. The number of hydrogen-bond acceptors (Lipinski definition) is 3. The molecule has 0 unspecified atom stereocenters. The molecule has 3 aromatic carbocycles. The van der Waals surface area contributed by atoms with Crippen LogP contribution in [0.15, 0.2) is 60.7 Å². The van der Waals surface area contributed by atoms with Crippen molar-refractivity contribution in [3.63, 3.8) is 0 Å². The zero-order chi connectivity index (χ0) is 19.2. The number of anilines is 1. The van der Waals surface area contributed by atoms with Crippen molar-refractivity contribution in [2.45, 2.75) is 26.0 Å². The molecule has 0 spiro atoms. The SMILES string of the molecule is CC1(C)Oc2ccc(C(=O)O)cc2N(Cc2cccc3ccccc23)C1=O. The summed E-state index contributed by atoms with van der Waals surface area (Å²) in [4.78, 5) is 26.1. The highest BCUT2D eigenvalue weighted by molar-refractivity contribution is 6.04. The van der Waals surface area contributed by atoms with Gasteiger partial charge in [0.15, 0.2) is 5.60 Å². The monoisotopic (exact) mass is 361 g/mol. The second-order valence-corrected chi connectivity index (χ2v) is 7.13. The minimum absolute atomic E-state index is 0.118. The van der Waals surface area contributed by atoms with Crippen molar-refractivity contribution in [1.29, 1.82) is 0 Å². The number of benzene rings is 3. The van der Waals surface area contributed by atoms with Gasteiger partial charge >= 0.3 is 5.97 Å². The van der Waals surface area contributed by atoms with Gasteiger partial charge in [0.05, 0.1) is 17.8 Å². The van der Waals surface area contributed by atoms with Gasteiger partial charge in [-0.15, -0.1) is 0 Å². The molecule has 0 aromatic heterocycles. The molecule has 1 heterocycles. The van der Waals surface area contributed by atoms with Gasteiger partial charge in [0.2, 0.25) is 0 Å². The first kappa shape index (κ1) is 17.1. The molecule has 0 aliphatic carbocycles. The number of aromatic carboxylic acids is 1. The Morgan fingerprint density at radius 1 is 1.07 bits per heavy atom. The van der Waals surface area contributed by atoms with E-state index in [1.807, 2.05) is 42.5 Å². The van der Waals surface area contributed by atoms with Crippen LogP contribution in [0.3, 0.4) is 0 Å². The number of carboxylic acid groups (broad SMARTS) is 1. The van der Waals surface area contributed by atoms with Crippen molar-refractivity contribution in [1.82, 2.24) is 0 Å². The van der Waals surface area contributed by atoms with Crippen LogP contribution in [0.1, 0.15) is 29.8 Å². The predicted octanol–water partition coefficient (Wildman–Crippen LogP) is 4.24. The molecular weight excluding hydrogens is 342 g/mol. The number of fused-ring (bicyclic) bond motifs is 2. The highest BCUT2D eigenvalue weighted by atomic mass is 16.5. The minimum atomic E-state index is -1.04. The molecule has 1 amide bonds. The van der Waals surface area contributed by atoms with E-state index < -0.39 is 11.6 Å². The van der Waals surface area contributed by atoms with Crippen molar-refractivity contribution >= 4 is 28.3 Å². The van der Waals surface area contributed by atoms with E-state index in [0.29, 0.717) is 18.0 Å². The summed E-state index contributed by atoms with van der Waals surface area (Å²) in [7, 11) is 0. The molecule has 1 N–H and O–H groups in total. The average molecular weight is 361 g/mol. The van der Waals surface area contributed by atoms with Crippen LogP contribution in [-0.2, 0) is 11.3 Å². The van der Waals surface area contributed by atoms with E-state index >= 15 is 0 Å². The number of nitrogens with zero attached hydrogens (tertiary/aromatic N) is 1. The number of ether oxygens (including phenoxy) is 1. The fourth-order valence-electron chi connectivity index (χ4n) is 3.46. The second kappa shape index (κ2) is 6.13. The van der Waals surface area contributed by atoms with Crippen molar-refractivity contribution in [3.8, 4) is 5.75 Å². The molecule has 136 valence electrons. The van der Waals surface area contributed by atoms with Crippen LogP contribution in [0, 0.1) is 0 Å². The van der Waals surface area contributed by atoms with Gasteiger partial charge in [-0.3, -0.25) is 4.79 Å². The van der Waals surface area contributed by atoms with E-state index in [1.54, 1.807) is 24.8 Å². The van der Waals surface area contributed by atoms with Gasteiger partial charge in [-0.2, -0.15) is 0 Å². The smallest absolute Gasteiger partial charge is 0.335 e. The molecule has 0 atom stereocenters. The van der Waals surface area contributed by atoms with Gasteiger partial charge in [-0.05, 0) is 48.4 Å². The van der Waals surface area contributed by atoms with Crippen LogP contribution in [-0.4, -0.2) is 22.6 Å². The Hall–Kier alpha value is -3.34. The van der Waals surface area contributed by atoms with Gasteiger partial charge in [0.1, 0.15) is 5.75 Å². The fourth-order valence-corrected chi connectivity index (χ4v) is 3.46. The molecule has 5 nitrogen and oxygen atoms in total. The maximum absolute atomic E-state index is 13.1. The van der Waals surface area contributed by atoms with Crippen molar-refractivity contribution in [2.24, 2.45) is 0 Å². The number of carbonyl (C=O) groups excluding carboxylic acids is 1. The lowest BCUT2D eigenvalue weighted by Crippen LogP contribution is -2.52. The van der Waals surface area contributed by atoms with Crippen LogP contribution >= 0.6 is 0 Å². The molecule has 0 saturated heterocycles. The molecule has 0 saturated carbocycles. The number of amides is 1. The summed E-state index contributed by atoms with van der Waals surface area (Å²) in [5, 5.41) is 11.5. The van der Waals surface area contributed by atoms with Crippen LogP contribution in [0.4, 0.5) is 5.69 Å². The molecule has 4 rings (SSSR count). The van der Waals surface area contributed by atoms with Crippen molar-refractivity contribution in [2.75, 3.05) is 4.90 Å². The summed E-state index contributed by atoms with van der Waals surface area (Å²) in [6, 6.07) is 18.6. The topological polar surface area (TPSA) is 66.8 Å². The highest BCUT2D eigenvalue weighted by Gasteiger charge is 2.41. The van der Waals surface area contributed by atoms with Gasteiger partial charge in [0.25, 0.3) is 5.91 Å². The minimum Gasteiger partial charge on any atom is -0.478 e. The number of carbonyl (C=O) groups is 2. The molecule has 5 heteroatoms. The third-order valence-corrected chi connectivity index (χ3v) is 4.83.